The number of esters is 1. The second-order valence-electron chi connectivity index (χ2n) is 4.33. The highest BCUT2D eigenvalue weighted by atomic mass is 16.5. The van der Waals surface area contributed by atoms with E-state index >= 15 is 0 Å². The van der Waals surface area contributed by atoms with Crippen molar-refractivity contribution in [1.29, 1.82) is 0 Å². The molecule has 0 saturated heterocycles. The van der Waals surface area contributed by atoms with Crippen LogP contribution in [0.3, 0.4) is 0 Å². The molecule has 0 aliphatic heterocycles. The third-order valence-corrected chi connectivity index (χ3v) is 2.68. The van der Waals surface area contributed by atoms with E-state index in [1.807, 2.05) is 26.8 Å². The summed E-state index contributed by atoms with van der Waals surface area (Å²) in [4.78, 5) is 23.4. The van der Waals surface area contributed by atoms with E-state index in [2.05, 4.69) is 10.1 Å². The Morgan fingerprint density at radius 2 is 1.78 bits per heavy atom. The number of nitrogens with one attached hydrogen (secondary N) is 1. The minimum absolute atomic E-state index is 0.251. The Bertz CT molecular complexity index is 434. The highest BCUT2D eigenvalue weighted by Gasteiger charge is 2.20. The van der Waals surface area contributed by atoms with Crippen LogP contribution >= 0.6 is 0 Å². The molecule has 0 spiro atoms. The van der Waals surface area contributed by atoms with Crippen molar-refractivity contribution in [1.82, 2.24) is 5.32 Å². The standard InChI is InChI=1S/C14H19NO3/c1-5-12(14(17)18-4)15-13(16)11-7-9(2)6-10(3)8-11/h6-8,12H,5H2,1-4H3,(H,15,16)/t12-/m1/s1. The van der Waals surface area contributed by atoms with E-state index in [1.54, 1.807) is 12.1 Å². The molecular formula is C14H19NO3. The molecule has 1 N–H and O–H groups in total. The number of ether oxygens (including phenoxy) is 1. The van der Waals surface area contributed by atoms with E-state index in [4.69, 9.17) is 0 Å². The first-order valence-corrected chi connectivity index (χ1v) is 5.95. The monoisotopic (exact) mass is 249 g/mol. The Morgan fingerprint density at radius 1 is 1.22 bits per heavy atom. The zero-order chi connectivity index (χ0) is 13.7. The molecule has 0 fully saturated rings. The van der Waals surface area contributed by atoms with Gasteiger partial charge in [0, 0.05) is 5.56 Å². The molecule has 1 aromatic carbocycles. The van der Waals surface area contributed by atoms with Crippen molar-refractivity contribution in [3.8, 4) is 0 Å². The van der Waals surface area contributed by atoms with Gasteiger partial charge in [-0.2, -0.15) is 0 Å². The summed E-state index contributed by atoms with van der Waals surface area (Å²) in [6, 6.07) is 5.00. The molecule has 18 heavy (non-hydrogen) atoms. The summed E-state index contributed by atoms with van der Waals surface area (Å²) in [6.07, 6.45) is 0.503. The van der Waals surface area contributed by atoms with E-state index in [9.17, 15) is 9.59 Å². The minimum Gasteiger partial charge on any atom is -0.467 e. The fourth-order valence-corrected chi connectivity index (χ4v) is 1.82. The molecule has 98 valence electrons. The van der Waals surface area contributed by atoms with Crippen LogP contribution in [-0.2, 0) is 9.53 Å². The maximum Gasteiger partial charge on any atom is 0.328 e. The molecule has 0 bridgehead atoms. The molecule has 1 rings (SSSR count). The molecule has 0 aromatic heterocycles. The average Bonchev–Trinajstić information content (AvgIpc) is 2.33. The first kappa shape index (κ1) is 14.2. The van der Waals surface area contributed by atoms with E-state index in [1.165, 1.54) is 7.11 Å². The third-order valence-electron chi connectivity index (χ3n) is 2.68. The summed E-state index contributed by atoms with van der Waals surface area (Å²) >= 11 is 0. The second-order valence-corrected chi connectivity index (χ2v) is 4.33. The van der Waals surface area contributed by atoms with Gasteiger partial charge in [0.15, 0.2) is 0 Å². The molecule has 0 aliphatic rings. The number of benzene rings is 1. The van der Waals surface area contributed by atoms with Crippen LogP contribution in [0.15, 0.2) is 18.2 Å². The Kier molecular flexibility index (Phi) is 4.89. The van der Waals surface area contributed by atoms with Crippen molar-refractivity contribution >= 4 is 11.9 Å². The quantitative estimate of drug-likeness (QED) is 0.830. The number of hydrogen-bond acceptors (Lipinski definition) is 3. The topological polar surface area (TPSA) is 55.4 Å². The Labute approximate surface area is 107 Å². The first-order valence-electron chi connectivity index (χ1n) is 5.95. The summed E-state index contributed by atoms with van der Waals surface area (Å²) in [6.45, 7) is 5.69. The van der Waals surface area contributed by atoms with Gasteiger partial charge in [-0.3, -0.25) is 4.79 Å². The van der Waals surface area contributed by atoms with Gasteiger partial charge >= 0.3 is 5.97 Å². The Balaban J connectivity index is 2.84. The van der Waals surface area contributed by atoms with Gasteiger partial charge in [0.1, 0.15) is 6.04 Å². The largest absolute Gasteiger partial charge is 0.467 e. The molecule has 0 saturated carbocycles. The number of methoxy groups -OCH3 is 1. The molecule has 0 radical (unpaired) electrons. The lowest BCUT2D eigenvalue weighted by Crippen LogP contribution is -2.41. The van der Waals surface area contributed by atoms with Crippen molar-refractivity contribution in [2.24, 2.45) is 0 Å². The zero-order valence-corrected chi connectivity index (χ0v) is 11.2. The maximum atomic E-state index is 12.0. The molecule has 1 aromatic rings. The molecule has 0 unspecified atom stereocenters. The van der Waals surface area contributed by atoms with Crippen molar-refractivity contribution in [2.75, 3.05) is 7.11 Å². The van der Waals surface area contributed by atoms with Crippen molar-refractivity contribution in [3.05, 3.63) is 34.9 Å². The Morgan fingerprint density at radius 3 is 2.22 bits per heavy atom. The number of aryl methyl sites for hydroxylation is 2. The molecule has 0 heterocycles. The molecule has 0 aliphatic carbocycles. The van der Waals surface area contributed by atoms with Crippen LogP contribution in [0.4, 0.5) is 0 Å². The number of hydrogen-bond donors (Lipinski definition) is 1. The highest BCUT2D eigenvalue weighted by molar-refractivity contribution is 5.97. The van der Waals surface area contributed by atoms with Crippen LogP contribution in [-0.4, -0.2) is 25.0 Å². The van der Waals surface area contributed by atoms with Crippen LogP contribution in [0, 0.1) is 13.8 Å². The van der Waals surface area contributed by atoms with E-state index < -0.39 is 12.0 Å². The van der Waals surface area contributed by atoms with Crippen molar-refractivity contribution in [2.45, 2.75) is 33.2 Å². The minimum atomic E-state index is -0.594. The molecule has 1 atom stereocenters. The second kappa shape index (κ2) is 6.19. The average molecular weight is 249 g/mol. The maximum absolute atomic E-state index is 12.0. The van der Waals surface area contributed by atoms with Gasteiger partial charge < -0.3 is 10.1 Å². The number of carbonyl (C=O) groups is 2. The fourth-order valence-electron chi connectivity index (χ4n) is 1.82. The van der Waals surface area contributed by atoms with Crippen LogP contribution in [0.25, 0.3) is 0 Å². The van der Waals surface area contributed by atoms with E-state index in [0.717, 1.165) is 11.1 Å². The van der Waals surface area contributed by atoms with Gasteiger partial charge in [0.2, 0.25) is 0 Å². The van der Waals surface area contributed by atoms with Crippen LogP contribution in [0.1, 0.15) is 34.8 Å². The summed E-state index contributed by atoms with van der Waals surface area (Å²) in [5, 5.41) is 2.67. The molecule has 4 heteroatoms. The van der Waals surface area contributed by atoms with Gasteiger partial charge in [-0.15, -0.1) is 0 Å². The van der Waals surface area contributed by atoms with Crippen molar-refractivity contribution < 1.29 is 14.3 Å². The number of carbonyl (C=O) groups excluding carboxylic acids is 2. The molecule has 1 amide bonds. The summed E-state index contributed by atoms with van der Waals surface area (Å²) in [5.74, 6) is -0.672. The number of rotatable bonds is 4. The van der Waals surface area contributed by atoms with Gasteiger partial charge in [0.25, 0.3) is 5.91 Å². The molecule has 4 nitrogen and oxygen atoms in total. The van der Waals surface area contributed by atoms with Crippen LogP contribution in [0.2, 0.25) is 0 Å². The summed E-state index contributed by atoms with van der Waals surface area (Å²) in [5.41, 5.74) is 2.60. The first-order chi connectivity index (χ1) is 8.47. The predicted octanol–water partition coefficient (Wildman–Crippen LogP) is 1.98. The number of amides is 1. The lowest BCUT2D eigenvalue weighted by molar-refractivity contribution is -0.142. The SMILES string of the molecule is CC[C@@H](NC(=O)c1cc(C)cc(C)c1)C(=O)OC. The van der Waals surface area contributed by atoms with E-state index in [-0.39, 0.29) is 5.91 Å². The predicted molar refractivity (Wildman–Crippen MR) is 69.5 cm³/mol. The fraction of sp³-hybridized carbons (Fsp3) is 0.429. The lowest BCUT2D eigenvalue weighted by Gasteiger charge is -2.14. The summed E-state index contributed by atoms with van der Waals surface area (Å²) < 4.78 is 4.63. The van der Waals surface area contributed by atoms with Crippen LogP contribution < -0.4 is 5.32 Å². The smallest absolute Gasteiger partial charge is 0.328 e. The normalized spacial score (nSPS) is 11.8. The van der Waals surface area contributed by atoms with Crippen molar-refractivity contribution in [3.63, 3.8) is 0 Å². The Hall–Kier alpha value is -1.84. The van der Waals surface area contributed by atoms with Gasteiger partial charge in [-0.25, -0.2) is 4.79 Å². The third kappa shape index (κ3) is 3.58. The van der Waals surface area contributed by atoms with Crippen LogP contribution in [0.5, 0.6) is 0 Å². The summed E-state index contributed by atoms with van der Waals surface area (Å²) in [7, 11) is 1.31. The van der Waals surface area contributed by atoms with Gasteiger partial charge in [0.05, 0.1) is 7.11 Å². The van der Waals surface area contributed by atoms with E-state index in [0.29, 0.717) is 12.0 Å². The van der Waals surface area contributed by atoms with Gasteiger partial charge in [-0.1, -0.05) is 24.1 Å². The lowest BCUT2D eigenvalue weighted by atomic mass is 10.1. The van der Waals surface area contributed by atoms with Gasteiger partial charge in [-0.05, 0) is 32.4 Å². The zero-order valence-electron chi connectivity index (χ0n) is 11.2. The highest BCUT2D eigenvalue weighted by Crippen LogP contribution is 2.09. The molecular weight excluding hydrogens is 230 g/mol.